The Morgan fingerprint density at radius 1 is 1.26 bits per heavy atom. The molecule has 0 aromatic heterocycles. The Morgan fingerprint density at radius 3 is 2.37 bits per heavy atom. The van der Waals surface area contributed by atoms with Gasteiger partial charge in [-0.25, -0.2) is 12.8 Å². The standard InChI is InChI=1S/C12H15BrF2O3S/c1-12(2,3)19(16,17)5-4-18-10-7-8(13)6-9(14)11(10)15/h6-7H,4-5H2,1-3H3. The van der Waals surface area contributed by atoms with Gasteiger partial charge in [0.2, 0.25) is 5.82 Å². The van der Waals surface area contributed by atoms with Gasteiger partial charge in [0.1, 0.15) is 6.61 Å². The highest BCUT2D eigenvalue weighted by Gasteiger charge is 2.28. The molecule has 0 aliphatic carbocycles. The first kappa shape index (κ1) is 16.4. The maximum atomic E-state index is 13.4. The van der Waals surface area contributed by atoms with Crippen LogP contribution in [0.25, 0.3) is 0 Å². The van der Waals surface area contributed by atoms with Crippen LogP contribution in [-0.4, -0.2) is 25.5 Å². The minimum atomic E-state index is -3.35. The van der Waals surface area contributed by atoms with Gasteiger partial charge < -0.3 is 4.74 Å². The monoisotopic (exact) mass is 356 g/mol. The summed E-state index contributed by atoms with van der Waals surface area (Å²) in [6, 6.07) is 2.22. The molecular formula is C12H15BrF2O3S. The summed E-state index contributed by atoms with van der Waals surface area (Å²) in [7, 11) is -3.35. The van der Waals surface area contributed by atoms with E-state index in [2.05, 4.69) is 15.9 Å². The van der Waals surface area contributed by atoms with Crippen LogP contribution in [-0.2, 0) is 9.84 Å². The molecule has 1 aromatic carbocycles. The van der Waals surface area contributed by atoms with Gasteiger partial charge in [-0.1, -0.05) is 15.9 Å². The zero-order chi connectivity index (χ0) is 14.8. The third-order valence-corrected chi connectivity index (χ3v) is 5.53. The van der Waals surface area contributed by atoms with E-state index in [0.717, 1.165) is 6.07 Å². The van der Waals surface area contributed by atoms with Crippen LogP contribution in [0.5, 0.6) is 5.75 Å². The van der Waals surface area contributed by atoms with E-state index in [-0.39, 0.29) is 18.1 Å². The number of sulfone groups is 1. The van der Waals surface area contributed by atoms with Gasteiger partial charge in [0.15, 0.2) is 21.4 Å². The summed E-state index contributed by atoms with van der Waals surface area (Å²) < 4.78 is 54.5. The predicted molar refractivity (Wildman–Crippen MR) is 73.1 cm³/mol. The number of hydrogen-bond donors (Lipinski definition) is 0. The van der Waals surface area contributed by atoms with E-state index in [1.54, 1.807) is 20.8 Å². The van der Waals surface area contributed by atoms with Crippen molar-refractivity contribution in [1.82, 2.24) is 0 Å². The number of halogens is 3. The van der Waals surface area contributed by atoms with Crippen molar-refractivity contribution in [2.24, 2.45) is 0 Å². The molecular weight excluding hydrogens is 342 g/mol. The Labute approximate surface area is 120 Å². The van der Waals surface area contributed by atoms with E-state index in [9.17, 15) is 17.2 Å². The van der Waals surface area contributed by atoms with Crippen LogP contribution in [0.15, 0.2) is 16.6 Å². The molecule has 0 heterocycles. The van der Waals surface area contributed by atoms with Crippen molar-refractivity contribution in [3.05, 3.63) is 28.2 Å². The highest BCUT2D eigenvalue weighted by atomic mass is 79.9. The van der Waals surface area contributed by atoms with Gasteiger partial charge in [0, 0.05) is 4.47 Å². The van der Waals surface area contributed by atoms with Crippen LogP contribution in [0, 0.1) is 11.6 Å². The van der Waals surface area contributed by atoms with E-state index < -0.39 is 26.2 Å². The molecule has 1 rings (SSSR count). The van der Waals surface area contributed by atoms with E-state index in [0.29, 0.717) is 4.47 Å². The minimum Gasteiger partial charge on any atom is -0.489 e. The summed E-state index contributed by atoms with van der Waals surface area (Å²) in [6.45, 7) is 4.48. The molecule has 0 radical (unpaired) electrons. The maximum Gasteiger partial charge on any atom is 0.200 e. The largest absolute Gasteiger partial charge is 0.489 e. The van der Waals surface area contributed by atoms with Gasteiger partial charge in [-0.05, 0) is 32.9 Å². The molecule has 0 saturated carbocycles. The Balaban J connectivity index is 2.75. The Bertz CT molecular complexity index is 565. The fourth-order valence-corrected chi connectivity index (χ4v) is 2.53. The zero-order valence-electron chi connectivity index (χ0n) is 10.8. The molecule has 0 N–H and O–H groups in total. The average molecular weight is 357 g/mol. The topological polar surface area (TPSA) is 43.4 Å². The molecule has 108 valence electrons. The van der Waals surface area contributed by atoms with Crippen molar-refractivity contribution in [2.45, 2.75) is 25.5 Å². The maximum absolute atomic E-state index is 13.4. The molecule has 0 unspecified atom stereocenters. The average Bonchev–Trinajstić information content (AvgIpc) is 2.23. The predicted octanol–water partition coefficient (Wildman–Crippen LogP) is 3.32. The van der Waals surface area contributed by atoms with Crippen molar-refractivity contribution in [1.29, 1.82) is 0 Å². The first-order valence-electron chi connectivity index (χ1n) is 5.54. The second-order valence-corrected chi connectivity index (χ2v) is 8.76. The second-order valence-electron chi connectivity index (χ2n) is 4.98. The van der Waals surface area contributed by atoms with E-state index >= 15 is 0 Å². The van der Waals surface area contributed by atoms with Gasteiger partial charge >= 0.3 is 0 Å². The lowest BCUT2D eigenvalue weighted by Gasteiger charge is -2.19. The fourth-order valence-electron chi connectivity index (χ4n) is 1.20. The lowest BCUT2D eigenvalue weighted by molar-refractivity contribution is 0.313. The molecule has 0 fully saturated rings. The van der Waals surface area contributed by atoms with Gasteiger partial charge in [-0.15, -0.1) is 0 Å². The van der Waals surface area contributed by atoms with Gasteiger partial charge in [0.25, 0.3) is 0 Å². The van der Waals surface area contributed by atoms with Gasteiger partial charge in [0.05, 0.1) is 10.5 Å². The van der Waals surface area contributed by atoms with Crippen LogP contribution >= 0.6 is 15.9 Å². The normalized spacial score (nSPS) is 12.5. The van der Waals surface area contributed by atoms with Crippen molar-refractivity contribution in [2.75, 3.05) is 12.4 Å². The lowest BCUT2D eigenvalue weighted by atomic mass is 10.3. The van der Waals surface area contributed by atoms with Crippen molar-refractivity contribution in [3.8, 4) is 5.75 Å². The van der Waals surface area contributed by atoms with E-state index in [1.807, 2.05) is 0 Å². The number of benzene rings is 1. The van der Waals surface area contributed by atoms with Crippen LogP contribution in [0.4, 0.5) is 8.78 Å². The third kappa shape index (κ3) is 4.14. The molecule has 0 aliphatic rings. The first-order chi connectivity index (χ1) is 8.54. The van der Waals surface area contributed by atoms with Crippen LogP contribution < -0.4 is 4.74 Å². The SMILES string of the molecule is CC(C)(C)S(=O)(=O)CCOc1cc(Br)cc(F)c1F. The number of rotatable bonds is 4. The summed E-state index contributed by atoms with van der Waals surface area (Å²) in [4.78, 5) is 0. The smallest absolute Gasteiger partial charge is 0.200 e. The summed E-state index contributed by atoms with van der Waals surface area (Å²) >= 11 is 3.01. The van der Waals surface area contributed by atoms with Crippen LogP contribution in [0.3, 0.4) is 0 Å². The highest BCUT2D eigenvalue weighted by Crippen LogP contribution is 2.25. The summed E-state index contributed by atoms with van der Waals surface area (Å²) in [6.07, 6.45) is 0. The third-order valence-electron chi connectivity index (χ3n) is 2.50. The molecule has 19 heavy (non-hydrogen) atoms. The molecule has 3 nitrogen and oxygen atoms in total. The summed E-state index contributed by atoms with van der Waals surface area (Å²) in [5, 5.41) is 0. The van der Waals surface area contributed by atoms with Crippen molar-refractivity contribution in [3.63, 3.8) is 0 Å². The summed E-state index contributed by atoms with van der Waals surface area (Å²) in [5.41, 5.74) is 0. The Kier molecular flexibility index (Phi) is 4.95. The quantitative estimate of drug-likeness (QED) is 0.777. The molecule has 0 amide bonds. The fraction of sp³-hybridized carbons (Fsp3) is 0.500. The summed E-state index contributed by atoms with van der Waals surface area (Å²) in [5.74, 6) is -2.75. The Hall–Kier alpha value is -0.690. The molecule has 0 aliphatic heterocycles. The zero-order valence-corrected chi connectivity index (χ0v) is 13.2. The van der Waals surface area contributed by atoms with Crippen molar-refractivity contribution >= 4 is 25.8 Å². The lowest BCUT2D eigenvalue weighted by Crippen LogP contribution is -2.32. The van der Waals surface area contributed by atoms with Crippen LogP contribution in [0.1, 0.15) is 20.8 Å². The van der Waals surface area contributed by atoms with Crippen molar-refractivity contribution < 1.29 is 21.9 Å². The molecule has 0 bridgehead atoms. The first-order valence-corrected chi connectivity index (χ1v) is 7.99. The van der Waals surface area contributed by atoms with Gasteiger partial charge in [-0.2, -0.15) is 4.39 Å². The molecule has 0 atom stereocenters. The molecule has 0 spiro atoms. The highest BCUT2D eigenvalue weighted by molar-refractivity contribution is 9.10. The Morgan fingerprint density at radius 2 is 1.84 bits per heavy atom. The van der Waals surface area contributed by atoms with Gasteiger partial charge in [-0.3, -0.25) is 0 Å². The number of ether oxygens (including phenoxy) is 1. The second kappa shape index (κ2) is 5.75. The van der Waals surface area contributed by atoms with E-state index in [4.69, 9.17) is 4.74 Å². The van der Waals surface area contributed by atoms with E-state index in [1.165, 1.54) is 6.07 Å². The van der Waals surface area contributed by atoms with Crippen LogP contribution in [0.2, 0.25) is 0 Å². The minimum absolute atomic E-state index is 0.230. The molecule has 0 saturated heterocycles. The molecule has 7 heteroatoms. The number of hydrogen-bond acceptors (Lipinski definition) is 3. The molecule has 1 aromatic rings.